The van der Waals surface area contributed by atoms with Crippen molar-refractivity contribution in [2.75, 3.05) is 0 Å². The van der Waals surface area contributed by atoms with Crippen molar-refractivity contribution in [3.8, 4) is 44.5 Å². The van der Waals surface area contributed by atoms with Crippen molar-refractivity contribution in [1.82, 2.24) is 19.9 Å². The number of aromatic nitrogens is 4. The van der Waals surface area contributed by atoms with E-state index in [0.717, 1.165) is 141 Å². The number of benzene rings is 4. The van der Waals surface area contributed by atoms with Gasteiger partial charge in [0.05, 0.1) is 22.8 Å². The van der Waals surface area contributed by atoms with Crippen molar-refractivity contribution < 1.29 is 16.8 Å². The summed E-state index contributed by atoms with van der Waals surface area (Å²) in [5.41, 5.74) is 27.4. The van der Waals surface area contributed by atoms with Gasteiger partial charge in [0, 0.05) is 0 Å². The third kappa shape index (κ3) is 7.67. The van der Waals surface area contributed by atoms with E-state index in [2.05, 4.69) is 177 Å². The SMILES string of the molecule is CCC1=C(CC)c2nc1c(-c1ccccc1)c1[n-]c(c(CC)c1CC)c(-c1ccccc1)c1nc(c(-c3ccccc3)c3[n-]c(c(CC)c3CC)c2-c2ccccc2)C(CC)=C1CC.[Co+2]. The fraction of sp³-hybridized carbons (Fsp3) is 0.267. The van der Waals surface area contributed by atoms with Gasteiger partial charge in [0.25, 0.3) is 0 Å². The third-order valence-corrected chi connectivity index (χ3v) is 13.6. The Morgan fingerprint density at radius 1 is 0.292 bits per heavy atom. The second kappa shape index (κ2) is 19.6. The van der Waals surface area contributed by atoms with Crippen molar-refractivity contribution in [3.05, 3.63) is 166 Å². The first kappa shape index (κ1) is 45.6. The normalized spacial score (nSPS) is 12.6. The molecule has 5 heteroatoms. The molecular weight excluding hydrogens is 836 g/mol. The summed E-state index contributed by atoms with van der Waals surface area (Å²) in [6.07, 6.45) is 6.72. The number of hydrogen-bond acceptors (Lipinski definition) is 2. The molecule has 3 aromatic heterocycles. The van der Waals surface area contributed by atoms with Gasteiger partial charge in [-0.2, -0.15) is 0 Å². The smallest absolute Gasteiger partial charge is 0.656 e. The molecule has 0 aliphatic carbocycles. The Hall–Kier alpha value is -6.01. The van der Waals surface area contributed by atoms with Crippen LogP contribution in [0.1, 0.15) is 126 Å². The number of rotatable bonds is 12. The first-order chi connectivity index (χ1) is 31.5. The van der Waals surface area contributed by atoms with Gasteiger partial charge in [-0.05, 0) is 118 Å². The minimum atomic E-state index is 0. The van der Waals surface area contributed by atoms with Crippen LogP contribution in [-0.4, -0.2) is 9.97 Å². The number of aryl methyl sites for hydroxylation is 4. The average Bonchev–Trinajstić information content (AvgIpc) is 4.10. The first-order valence-corrected chi connectivity index (χ1v) is 23.9. The second-order valence-corrected chi connectivity index (χ2v) is 16.9. The molecule has 0 amide bonds. The van der Waals surface area contributed by atoms with Crippen LogP contribution in [0.15, 0.2) is 121 Å². The van der Waals surface area contributed by atoms with Crippen molar-refractivity contribution in [2.24, 2.45) is 0 Å². The predicted octanol–water partition coefficient (Wildman–Crippen LogP) is 15.9. The molecule has 0 atom stereocenters. The Morgan fingerprint density at radius 3 is 0.662 bits per heavy atom. The summed E-state index contributed by atoms with van der Waals surface area (Å²) >= 11 is 0. The zero-order valence-corrected chi connectivity index (χ0v) is 40.4. The zero-order valence-electron chi connectivity index (χ0n) is 39.3. The zero-order chi connectivity index (χ0) is 44.5. The van der Waals surface area contributed by atoms with Gasteiger partial charge in [0.15, 0.2) is 0 Å². The second-order valence-electron chi connectivity index (χ2n) is 16.9. The van der Waals surface area contributed by atoms with Crippen LogP contribution in [0.25, 0.3) is 88.9 Å². The van der Waals surface area contributed by atoms with Crippen LogP contribution >= 0.6 is 0 Å². The van der Waals surface area contributed by atoms with Crippen LogP contribution in [0.5, 0.6) is 0 Å². The fourth-order valence-corrected chi connectivity index (χ4v) is 10.8. The molecule has 5 heterocycles. The summed E-state index contributed by atoms with van der Waals surface area (Å²) in [5.74, 6) is 0. The Morgan fingerprint density at radius 2 is 0.492 bits per heavy atom. The molecule has 65 heavy (non-hydrogen) atoms. The van der Waals surface area contributed by atoms with E-state index >= 15 is 0 Å². The maximum atomic E-state index is 5.97. The average molecular weight is 896 g/mol. The number of fused-ring (bicyclic) bond motifs is 8. The number of hydrogen-bond donors (Lipinski definition) is 0. The maximum Gasteiger partial charge on any atom is 2.00 e. The van der Waals surface area contributed by atoms with Crippen LogP contribution < -0.4 is 9.97 Å². The molecule has 1 radical (unpaired) electrons. The van der Waals surface area contributed by atoms with Gasteiger partial charge in [-0.3, -0.25) is 0 Å². The quantitative estimate of drug-likeness (QED) is 0.123. The number of nitrogens with zero attached hydrogens (tertiary/aromatic N) is 4. The van der Waals surface area contributed by atoms with Crippen molar-refractivity contribution >= 4 is 44.4 Å². The van der Waals surface area contributed by atoms with Gasteiger partial charge < -0.3 is 9.97 Å². The topological polar surface area (TPSA) is 54.0 Å². The summed E-state index contributed by atoms with van der Waals surface area (Å²) in [6, 6.07) is 43.7. The molecule has 8 bridgehead atoms. The molecule has 0 spiro atoms. The minimum Gasteiger partial charge on any atom is -0.656 e. The van der Waals surface area contributed by atoms with Gasteiger partial charge in [0.2, 0.25) is 0 Å². The molecule has 4 nitrogen and oxygen atoms in total. The molecule has 2 aliphatic heterocycles. The molecule has 0 N–H and O–H groups in total. The van der Waals surface area contributed by atoms with E-state index < -0.39 is 0 Å². The number of allylic oxidation sites excluding steroid dienone is 4. The molecule has 0 saturated heterocycles. The van der Waals surface area contributed by atoms with Gasteiger partial charge in [-0.15, -0.1) is 22.1 Å². The van der Waals surface area contributed by atoms with E-state index in [1.807, 2.05) is 0 Å². The van der Waals surface area contributed by atoms with E-state index in [1.54, 1.807) is 0 Å². The van der Waals surface area contributed by atoms with Gasteiger partial charge >= 0.3 is 16.8 Å². The minimum absolute atomic E-state index is 0. The summed E-state index contributed by atoms with van der Waals surface area (Å²) in [4.78, 5) is 23.9. The van der Waals surface area contributed by atoms with Crippen LogP contribution in [-0.2, 0) is 42.5 Å². The molecule has 9 rings (SSSR count). The van der Waals surface area contributed by atoms with Crippen LogP contribution in [0.3, 0.4) is 0 Å². The summed E-state index contributed by atoms with van der Waals surface area (Å²) < 4.78 is 0. The van der Waals surface area contributed by atoms with E-state index in [-0.39, 0.29) is 16.8 Å². The van der Waals surface area contributed by atoms with E-state index in [9.17, 15) is 0 Å². The Bertz CT molecular complexity index is 2680. The summed E-state index contributed by atoms with van der Waals surface area (Å²) in [5, 5.41) is 0. The largest absolute Gasteiger partial charge is 2.00 e. The molecule has 4 aromatic carbocycles. The molecular formula is C60H60CoN4. The van der Waals surface area contributed by atoms with E-state index in [0.29, 0.717) is 0 Å². The Labute approximate surface area is 396 Å². The molecule has 0 saturated carbocycles. The predicted molar refractivity (Wildman–Crippen MR) is 273 cm³/mol. The molecule has 0 unspecified atom stereocenters. The first-order valence-electron chi connectivity index (χ1n) is 23.9. The van der Waals surface area contributed by atoms with Crippen LogP contribution in [0.2, 0.25) is 0 Å². The van der Waals surface area contributed by atoms with E-state index in [1.165, 1.54) is 44.5 Å². The maximum absolute atomic E-state index is 5.97. The Kier molecular flexibility index (Phi) is 13.7. The molecule has 329 valence electrons. The standard InChI is InChI=1S/C60H60N4.Co/c1-9-41-42(10-2)54-50(38-31-23-18-24-32-38)56-45(13-5)46(14-6)58(63-56)52(40-35-27-20-28-36-40)60-48(16-8)47(15-7)59(64-60)51(39-33-25-19-26-34-39)57-44(12-4)43(11-3)55(62-57)49(53(41)61-54)37-29-21-17-22-30-37;/h17-36H,9-16H2,1-8H3;/q-2;+2. The molecule has 2 aliphatic rings. The van der Waals surface area contributed by atoms with E-state index in [4.69, 9.17) is 19.9 Å². The Balaban J connectivity index is 0.00000576. The van der Waals surface area contributed by atoms with Crippen molar-refractivity contribution in [2.45, 2.75) is 107 Å². The van der Waals surface area contributed by atoms with Crippen LogP contribution in [0.4, 0.5) is 0 Å². The third-order valence-electron chi connectivity index (χ3n) is 13.6. The summed E-state index contributed by atoms with van der Waals surface area (Å²) in [7, 11) is 0. The van der Waals surface area contributed by atoms with Gasteiger partial charge in [-0.1, -0.05) is 199 Å². The van der Waals surface area contributed by atoms with Crippen molar-refractivity contribution in [1.29, 1.82) is 0 Å². The van der Waals surface area contributed by atoms with Crippen LogP contribution in [0, 0.1) is 0 Å². The summed E-state index contributed by atoms with van der Waals surface area (Å²) in [6.45, 7) is 18.4. The van der Waals surface area contributed by atoms with Crippen molar-refractivity contribution in [3.63, 3.8) is 0 Å². The van der Waals surface area contributed by atoms with Gasteiger partial charge in [-0.25, -0.2) is 9.97 Å². The monoisotopic (exact) mass is 895 g/mol. The fourth-order valence-electron chi connectivity index (χ4n) is 10.8. The molecule has 7 aromatic rings. The van der Waals surface area contributed by atoms with Gasteiger partial charge in [0.1, 0.15) is 0 Å². The molecule has 0 fully saturated rings.